The van der Waals surface area contributed by atoms with E-state index in [2.05, 4.69) is 70.2 Å². The number of piperazine rings is 1. The number of nitrogens with zero attached hydrogens (tertiary/aromatic N) is 7. The van der Waals surface area contributed by atoms with E-state index in [4.69, 9.17) is 9.72 Å². The Labute approximate surface area is 242 Å². The fourth-order valence-corrected chi connectivity index (χ4v) is 6.53. The molecule has 2 aromatic heterocycles. The van der Waals surface area contributed by atoms with Crippen LogP contribution < -0.4 is 19.9 Å². The van der Waals surface area contributed by atoms with Gasteiger partial charge < -0.3 is 24.8 Å². The predicted molar refractivity (Wildman–Crippen MR) is 161 cm³/mol. The molecular weight excluding hydrogens is 516 g/mol. The van der Waals surface area contributed by atoms with Crippen LogP contribution in [0.2, 0.25) is 0 Å². The Morgan fingerprint density at radius 2 is 1.66 bits per heavy atom. The Hall–Kier alpha value is -3.92. The quantitative estimate of drug-likeness (QED) is 0.439. The molecule has 1 aliphatic carbocycles. The molecular formula is C31H40N8O2. The monoisotopic (exact) mass is 556 g/mol. The first-order valence-electron chi connectivity index (χ1n) is 14.7. The molecule has 10 heteroatoms. The molecule has 2 unspecified atom stereocenters. The third-order valence-electron chi connectivity index (χ3n) is 8.85. The Morgan fingerprint density at radius 1 is 0.927 bits per heavy atom. The highest BCUT2D eigenvalue weighted by atomic mass is 16.5. The summed E-state index contributed by atoms with van der Waals surface area (Å²) in [4.78, 5) is 36.7. The number of benzene rings is 1. The fraction of sp³-hybridized carbons (Fsp3) is 0.484. The number of carbonyl (C=O) groups excluding carboxylic acids is 1. The third-order valence-corrected chi connectivity index (χ3v) is 8.85. The number of fused-ring (bicyclic) bond motifs is 1. The van der Waals surface area contributed by atoms with Crippen molar-refractivity contribution in [3.63, 3.8) is 0 Å². The lowest BCUT2D eigenvalue weighted by Crippen LogP contribution is -2.55. The summed E-state index contributed by atoms with van der Waals surface area (Å²) >= 11 is 0. The van der Waals surface area contributed by atoms with Crippen LogP contribution >= 0.6 is 0 Å². The zero-order valence-electron chi connectivity index (χ0n) is 24.5. The van der Waals surface area contributed by atoms with Crippen molar-refractivity contribution in [2.75, 3.05) is 55.5 Å². The fourth-order valence-electron chi connectivity index (χ4n) is 6.53. The second-order valence-electron chi connectivity index (χ2n) is 11.7. The number of hydrogen-bond acceptors (Lipinski definition) is 8. The molecule has 41 heavy (non-hydrogen) atoms. The zero-order valence-corrected chi connectivity index (χ0v) is 24.5. The van der Waals surface area contributed by atoms with Crippen molar-refractivity contribution in [3.8, 4) is 5.75 Å². The predicted octanol–water partition coefficient (Wildman–Crippen LogP) is 5.27. The molecule has 2 aliphatic heterocycles. The lowest BCUT2D eigenvalue weighted by Gasteiger charge is -2.46. The number of anilines is 5. The van der Waals surface area contributed by atoms with Crippen LogP contribution in [-0.2, 0) is 6.54 Å². The molecule has 2 atom stereocenters. The van der Waals surface area contributed by atoms with E-state index in [0.29, 0.717) is 41.7 Å². The highest BCUT2D eigenvalue weighted by Gasteiger charge is 2.42. The molecule has 1 aromatic carbocycles. The number of hydrogen-bond donors (Lipinski definition) is 1. The largest absolute Gasteiger partial charge is 0.495 e. The van der Waals surface area contributed by atoms with Gasteiger partial charge in [-0.05, 0) is 68.1 Å². The number of aromatic nitrogens is 3. The van der Waals surface area contributed by atoms with E-state index < -0.39 is 0 Å². The molecule has 10 nitrogen and oxygen atoms in total. The Balaban J connectivity index is 1.29. The SMILES string of the molecule is COc1ccc(N2C(=O)N(C3C(C)CCCC3C)Cc3cnc(Nc4ccc(N5CCN(C)CC5)cc4)nc32)nc1. The summed E-state index contributed by atoms with van der Waals surface area (Å²) in [6, 6.07) is 12.1. The summed E-state index contributed by atoms with van der Waals surface area (Å²) in [5.41, 5.74) is 3.01. The minimum absolute atomic E-state index is 0.0954. The zero-order chi connectivity index (χ0) is 28.5. The van der Waals surface area contributed by atoms with Gasteiger partial charge in [0.25, 0.3) is 0 Å². The highest BCUT2D eigenvalue weighted by molar-refractivity contribution is 6.00. The van der Waals surface area contributed by atoms with Crippen molar-refractivity contribution in [1.29, 1.82) is 0 Å². The maximum atomic E-state index is 14.2. The number of likely N-dealkylation sites (N-methyl/N-ethyl adjacent to an activating group) is 1. The van der Waals surface area contributed by atoms with Crippen LogP contribution in [0.3, 0.4) is 0 Å². The maximum Gasteiger partial charge on any atom is 0.332 e. The van der Waals surface area contributed by atoms with Crippen LogP contribution in [0.5, 0.6) is 5.75 Å². The van der Waals surface area contributed by atoms with Crippen LogP contribution in [0.15, 0.2) is 48.8 Å². The van der Waals surface area contributed by atoms with Crippen molar-refractivity contribution in [3.05, 3.63) is 54.4 Å². The summed E-state index contributed by atoms with van der Waals surface area (Å²) in [6.07, 6.45) is 6.93. The van der Waals surface area contributed by atoms with Gasteiger partial charge in [0.15, 0.2) is 5.82 Å². The van der Waals surface area contributed by atoms with E-state index in [1.165, 1.54) is 12.1 Å². The number of rotatable bonds is 6. The Bertz CT molecular complexity index is 1350. The van der Waals surface area contributed by atoms with Crippen LogP contribution in [0.1, 0.15) is 38.7 Å². The van der Waals surface area contributed by atoms with Gasteiger partial charge in [0.1, 0.15) is 11.6 Å². The lowest BCUT2D eigenvalue weighted by molar-refractivity contribution is 0.0873. The summed E-state index contributed by atoms with van der Waals surface area (Å²) < 4.78 is 5.32. The minimum Gasteiger partial charge on any atom is -0.495 e. The molecule has 1 N–H and O–H groups in total. The first kappa shape index (κ1) is 27.3. The van der Waals surface area contributed by atoms with E-state index >= 15 is 0 Å². The number of carbonyl (C=O) groups is 1. The Kier molecular flexibility index (Phi) is 7.66. The molecule has 2 fully saturated rings. The minimum atomic E-state index is -0.0954. The van der Waals surface area contributed by atoms with Gasteiger partial charge in [-0.3, -0.25) is 0 Å². The molecule has 3 aromatic rings. The maximum absolute atomic E-state index is 14.2. The molecule has 0 bridgehead atoms. The number of methoxy groups -OCH3 is 1. The van der Waals surface area contributed by atoms with E-state index in [-0.39, 0.29) is 12.1 Å². The van der Waals surface area contributed by atoms with Gasteiger partial charge in [0, 0.05) is 55.4 Å². The number of nitrogens with one attached hydrogen (secondary N) is 1. The number of ether oxygens (including phenoxy) is 1. The first-order chi connectivity index (χ1) is 19.9. The average Bonchev–Trinajstić information content (AvgIpc) is 2.98. The number of amides is 2. The number of urea groups is 1. The second kappa shape index (κ2) is 11.5. The third kappa shape index (κ3) is 5.53. The lowest BCUT2D eigenvalue weighted by atomic mass is 9.77. The molecule has 216 valence electrons. The van der Waals surface area contributed by atoms with E-state index in [1.54, 1.807) is 18.2 Å². The van der Waals surface area contributed by atoms with Gasteiger partial charge in [-0.15, -0.1) is 0 Å². The van der Waals surface area contributed by atoms with Gasteiger partial charge in [0.2, 0.25) is 5.95 Å². The second-order valence-corrected chi connectivity index (χ2v) is 11.7. The van der Waals surface area contributed by atoms with Gasteiger partial charge in [-0.1, -0.05) is 20.3 Å². The standard InChI is InChI=1S/C31H40N8O2/c1-21-6-5-7-22(2)28(21)38-20-23-18-33-30(34-24-8-10-25(11-9-24)37-16-14-36(3)15-17-37)35-29(23)39(31(38)40)27-13-12-26(41-4)19-32-27/h8-13,18-19,21-22,28H,5-7,14-17,20H2,1-4H3,(H,33,34,35). The normalized spacial score (nSPS) is 23.4. The van der Waals surface area contributed by atoms with Crippen molar-refractivity contribution < 1.29 is 9.53 Å². The van der Waals surface area contributed by atoms with Crippen LogP contribution in [0, 0.1) is 11.8 Å². The smallest absolute Gasteiger partial charge is 0.332 e. The van der Waals surface area contributed by atoms with Gasteiger partial charge in [-0.25, -0.2) is 19.7 Å². The van der Waals surface area contributed by atoms with Gasteiger partial charge >= 0.3 is 6.03 Å². The van der Waals surface area contributed by atoms with Crippen LogP contribution in [0.25, 0.3) is 0 Å². The summed E-state index contributed by atoms with van der Waals surface area (Å²) in [6.45, 7) is 9.19. The van der Waals surface area contributed by atoms with Crippen molar-refractivity contribution in [2.24, 2.45) is 11.8 Å². The molecule has 6 rings (SSSR count). The summed E-state index contributed by atoms with van der Waals surface area (Å²) in [5.74, 6) is 2.99. The van der Waals surface area contributed by atoms with Crippen molar-refractivity contribution >= 4 is 35.0 Å². The molecule has 1 saturated carbocycles. The molecule has 2 amide bonds. The Morgan fingerprint density at radius 3 is 2.32 bits per heavy atom. The van der Waals surface area contributed by atoms with Gasteiger partial charge in [0.05, 0.1) is 19.9 Å². The molecule has 0 radical (unpaired) electrons. The topological polar surface area (TPSA) is 90.0 Å². The first-order valence-corrected chi connectivity index (χ1v) is 14.7. The average molecular weight is 557 g/mol. The van der Waals surface area contributed by atoms with Crippen molar-refractivity contribution in [1.82, 2.24) is 24.8 Å². The van der Waals surface area contributed by atoms with Crippen LogP contribution in [0.4, 0.5) is 33.8 Å². The van der Waals surface area contributed by atoms with E-state index in [9.17, 15) is 4.79 Å². The molecule has 0 spiro atoms. The summed E-state index contributed by atoms with van der Waals surface area (Å²) in [5, 5.41) is 3.34. The highest BCUT2D eigenvalue weighted by Crippen LogP contribution is 2.40. The molecule has 4 heterocycles. The van der Waals surface area contributed by atoms with E-state index in [0.717, 1.165) is 50.3 Å². The summed E-state index contributed by atoms with van der Waals surface area (Å²) in [7, 11) is 3.77. The van der Waals surface area contributed by atoms with E-state index in [1.807, 2.05) is 23.2 Å². The van der Waals surface area contributed by atoms with Crippen molar-refractivity contribution in [2.45, 2.75) is 45.7 Å². The number of pyridine rings is 1. The van der Waals surface area contributed by atoms with Gasteiger partial charge in [-0.2, -0.15) is 4.98 Å². The molecule has 1 saturated heterocycles. The van der Waals surface area contributed by atoms with Crippen LogP contribution in [-0.4, -0.2) is 77.2 Å². The molecule has 3 aliphatic rings.